The summed E-state index contributed by atoms with van der Waals surface area (Å²) in [5.74, 6) is 0.0217. The fourth-order valence-electron chi connectivity index (χ4n) is 1.33. The van der Waals surface area contributed by atoms with Crippen molar-refractivity contribution in [2.75, 3.05) is 6.61 Å². The van der Waals surface area contributed by atoms with Crippen LogP contribution in [-0.2, 0) is 4.74 Å². The molecule has 1 heterocycles. The highest BCUT2D eigenvalue weighted by Gasteiger charge is 2.17. The van der Waals surface area contributed by atoms with Gasteiger partial charge in [0.15, 0.2) is 0 Å². The summed E-state index contributed by atoms with van der Waals surface area (Å²) in [6.45, 7) is 4.59. The van der Waals surface area contributed by atoms with Gasteiger partial charge in [-0.2, -0.15) is 0 Å². The van der Waals surface area contributed by atoms with E-state index in [4.69, 9.17) is 16.3 Å². The van der Waals surface area contributed by atoms with Gasteiger partial charge in [-0.15, -0.1) is 11.3 Å². The van der Waals surface area contributed by atoms with Gasteiger partial charge in [-0.3, -0.25) is 4.79 Å². The second-order valence-electron chi connectivity index (χ2n) is 3.69. The molecule has 0 amide bonds. The Kier molecular flexibility index (Phi) is 6.03. The standard InChI is InChI=1S/C12H17ClO2S/c1-3-4-5-8-15-9(2)12(14)10-6-7-11(13)16-10/h6-7,9H,3-5,8H2,1-2H3. The number of thiophene rings is 1. The molecular weight excluding hydrogens is 244 g/mol. The number of halogens is 1. The zero-order chi connectivity index (χ0) is 12.0. The van der Waals surface area contributed by atoms with Crippen LogP contribution in [0.25, 0.3) is 0 Å². The highest BCUT2D eigenvalue weighted by molar-refractivity contribution is 7.18. The van der Waals surface area contributed by atoms with Crippen molar-refractivity contribution < 1.29 is 9.53 Å². The number of rotatable bonds is 7. The molecule has 4 heteroatoms. The summed E-state index contributed by atoms with van der Waals surface area (Å²) < 4.78 is 6.12. The fourth-order valence-corrected chi connectivity index (χ4v) is 2.40. The predicted octanol–water partition coefficient (Wildman–Crippen LogP) is 4.18. The zero-order valence-corrected chi connectivity index (χ0v) is 11.2. The van der Waals surface area contributed by atoms with Crippen LogP contribution in [-0.4, -0.2) is 18.5 Å². The lowest BCUT2D eigenvalue weighted by atomic mass is 10.2. The van der Waals surface area contributed by atoms with Gasteiger partial charge in [-0.05, 0) is 25.5 Å². The SMILES string of the molecule is CCCCCOC(C)C(=O)c1ccc(Cl)s1. The lowest BCUT2D eigenvalue weighted by Gasteiger charge is -2.10. The third-order valence-corrected chi connectivity index (χ3v) is 3.55. The predicted molar refractivity (Wildman–Crippen MR) is 68.6 cm³/mol. The Labute approximate surface area is 106 Å². The molecule has 0 bridgehead atoms. The molecule has 1 aromatic heterocycles. The monoisotopic (exact) mass is 260 g/mol. The first-order valence-electron chi connectivity index (χ1n) is 5.56. The number of hydrogen-bond donors (Lipinski definition) is 0. The van der Waals surface area contributed by atoms with Gasteiger partial charge in [0.2, 0.25) is 5.78 Å². The molecule has 1 aromatic rings. The van der Waals surface area contributed by atoms with Crippen molar-refractivity contribution in [1.29, 1.82) is 0 Å². The van der Waals surface area contributed by atoms with Crippen LogP contribution < -0.4 is 0 Å². The first-order chi connectivity index (χ1) is 7.65. The van der Waals surface area contributed by atoms with E-state index in [1.807, 2.05) is 0 Å². The molecule has 0 saturated carbocycles. The van der Waals surface area contributed by atoms with Crippen molar-refractivity contribution in [2.24, 2.45) is 0 Å². The quantitative estimate of drug-likeness (QED) is 0.543. The van der Waals surface area contributed by atoms with E-state index < -0.39 is 0 Å². The molecular formula is C12H17ClO2S. The second kappa shape index (κ2) is 7.05. The van der Waals surface area contributed by atoms with Gasteiger partial charge in [0, 0.05) is 6.61 Å². The number of ketones is 1. The topological polar surface area (TPSA) is 26.3 Å². The molecule has 0 aliphatic heterocycles. The van der Waals surface area contributed by atoms with E-state index in [-0.39, 0.29) is 11.9 Å². The molecule has 0 N–H and O–H groups in total. The molecule has 0 fully saturated rings. The average Bonchev–Trinajstić information content (AvgIpc) is 2.70. The first kappa shape index (κ1) is 13.7. The van der Waals surface area contributed by atoms with Gasteiger partial charge in [-0.1, -0.05) is 31.4 Å². The van der Waals surface area contributed by atoms with Crippen molar-refractivity contribution in [3.8, 4) is 0 Å². The maximum absolute atomic E-state index is 11.8. The largest absolute Gasteiger partial charge is 0.370 e. The van der Waals surface area contributed by atoms with Gasteiger partial charge < -0.3 is 4.74 Å². The Hall–Kier alpha value is -0.380. The molecule has 1 unspecified atom stereocenters. The van der Waals surface area contributed by atoms with Crippen LogP contribution in [0.1, 0.15) is 42.8 Å². The number of carbonyl (C=O) groups is 1. The van der Waals surface area contributed by atoms with E-state index in [2.05, 4.69) is 6.92 Å². The normalized spacial score (nSPS) is 12.7. The molecule has 16 heavy (non-hydrogen) atoms. The number of Topliss-reactive ketones (excluding diaryl/α,β-unsaturated/α-hetero) is 1. The molecule has 1 atom stereocenters. The smallest absolute Gasteiger partial charge is 0.201 e. The summed E-state index contributed by atoms with van der Waals surface area (Å²) in [5, 5.41) is 0. The average molecular weight is 261 g/mol. The molecule has 0 aliphatic carbocycles. The number of unbranched alkanes of at least 4 members (excludes halogenated alkanes) is 2. The lowest BCUT2D eigenvalue weighted by molar-refractivity contribution is 0.0468. The van der Waals surface area contributed by atoms with Crippen molar-refractivity contribution >= 4 is 28.7 Å². The first-order valence-corrected chi connectivity index (χ1v) is 6.75. The van der Waals surface area contributed by atoms with Crippen LogP contribution in [0.15, 0.2) is 12.1 Å². The number of carbonyl (C=O) groups excluding carboxylic acids is 1. The van der Waals surface area contributed by atoms with Gasteiger partial charge in [0.1, 0.15) is 6.10 Å². The molecule has 0 saturated heterocycles. The summed E-state index contributed by atoms with van der Waals surface area (Å²) >= 11 is 7.08. The maximum Gasteiger partial charge on any atom is 0.201 e. The third kappa shape index (κ3) is 4.24. The van der Waals surface area contributed by atoms with Crippen LogP contribution in [0.3, 0.4) is 0 Å². The van der Waals surface area contributed by atoms with E-state index in [0.717, 1.165) is 19.3 Å². The minimum Gasteiger partial charge on any atom is -0.370 e. The van der Waals surface area contributed by atoms with Crippen molar-refractivity contribution in [3.63, 3.8) is 0 Å². The fraction of sp³-hybridized carbons (Fsp3) is 0.583. The van der Waals surface area contributed by atoms with Crippen molar-refractivity contribution in [1.82, 2.24) is 0 Å². The van der Waals surface area contributed by atoms with E-state index in [1.54, 1.807) is 19.1 Å². The van der Waals surface area contributed by atoms with E-state index in [9.17, 15) is 4.79 Å². The zero-order valence-electron chi connectivity index (χ0n) is 9.66. The van der Waals surface area contributed by atoms with Crippen LogP contribution in [0.2, 0.25) is 4.34 Å². The Bertz CT molecular complexity index is 336. The summed E-state index contributed by atoms with van der Waals surface area (Å²) in [4.78, 5) is 12.5. The van der Waals surface area contributed by atoms with E-state index in [0.29, 0.717) is 15.8 Å². The summed E-state index contributed by atoms with van der Waals surface area (Å²) in [5.41, 5.74) is 0. The van der Waals surface area contributed by atoms with Crippen LogP contribution in [0.5, 0.6) is 0 Å². The molecule has 1 rings (SSSR count). The van der Waals surface area contributed by atoms with Crippen LogP contribution in [0.4, 0.5) is 0 Å². The highest BCUT2D eigenvalue weighted by atomic mass is 35.5. The summed E-state index contributed by atoms with van der Waals surface area (Å²) in [7, 11) is 0. The van der Waals surface area contributed by atoms with Crippen molar-refractivity contribution in [3.05, 3.63) is 21.3 Å². The van der Waals surface area contributed by atoms with Gasteiger partial charge >= 0.3 is 0 Å². The maximum atomic E-state index is 11.8. The van der Waals surface area contributed by atoms with Crippen molar-refractivity contribution in [2.45, 2.75) is 39.2 Å². The lowest BCUT2D eigenvalue weighted by Crippen LogP contribution is -2.20. The van der Waals surface area contributed by atoms with Gasteiger partial charge in [0.25, 0.3) is 0 Å². The Morgan fingerprint density at radius 1 is 1.50 bits per heavy atom. The Balaban J connectivity index is 2.36. The molecule has 2 nitrogen and oxygen atoms in total. The summed E-state index contributed by atoms with van der Waals surface area (Å²) in [6.07, 6.45) is 2.95. The second-order valence-corrected chi connectivity index (χ2v) is 5.40. The van der Waals surface area contributed by atoms with Crippen LogP contribution >= 0.6 is 22.9 Å². The Morgan fingerprint density at radius 3 is 2.81 bits per heavy atom. The molecule has 90 valence electrons. The van der Waals surface area contributed by atoms with Gasteiger partial charge in [0.05, 0.1) is 9.21 Å². The molecule has 0 aromatic carbocycles. The van der Waals surface area contributed by atoms with E-state index in [1.165, 1.54) is 11.3 Å². The number of ether oxygens (including phenoxy) is 1. The molecule has 0 aliphatic rings. The van der Waals surface area contributed by atoms with Crippen LogP contribution in [0, 0.1) is 0 Å². The third-order valence-electron chi connectivity index (χ3n) is 2.30. The minimum atomic E-state index is -0.369. The molecule has 0 spiro atoms. The highest BCUT2D eigenvalue weighted by Crippen LogP contribution is 2.23. The number of hydrogen-bond acceptors (Lipinski definition) is 3. The molecule has 0 radical (unpaired) electrons. The minimum absolute atomic E-state index is 0.0217. The van der Waals surface area contributed by atoms with Gasteiger partial charge in [-0.25, -0.2) is 0 Å². The van der Waals surface area contributed by atoms with E-state index >= 15 is 0 Å². The Morgan fingerprint density at radius 2 is 2.25 bits per heavy atom. The summed E-state index contributed by atoms with van der Waals surface area (Å²) in [6, 6.07) is 3.49.